The van der Waals surface area contributed by atoms with Crippen molar-refractivity contribution >= 4 is 29.3 Å². The molecule has 0 radical (unpaired) electrons. The predicted molar refractivity (Wildman–Crippen MR) is 95.7 cm³/mol. The molecule has 8 nitrogen and oxygen atoms in total. The highest BCUT2D eigenvalue weighted by Gasteiger charge is 2.15. The van der Waals surface area contributed by atoms with E-state index in [2.05, 4.69) is 15.5 Å². The normalized spacial score (nSPS) is 10.4. The number of benzene rings is 1. The summed E-state index contributed by atoms with van der Waals surface area (Å²) in [5.41, 5.74) is 0.621. The number of nitrogens with one attached hydrogen (secondary N) is 1. The minimum atomic E-state index is -0.272. The van der Waals surface area contributed by atoms with Crippen LogP contribution in [-0.4, -0.2) is 57.9 Å². The molecule has 2 amide bonds. The second-order valence-electron chi connectivity index (χ2n) is 5.22. The van der Waals surface area contributed by atoms with Crippen LogP contribution in [0.4, 0.5) is 5.69 Å². The first-order valence-corrected chi connectivity index (χ1v) is 8.70. The first kappa shape index (κ1) is 18.8. The number of hydrogen-bond donors (Lipinski definition) is 1. The Bertz CT molecular complexity index is 734. The molecule has 0 aliphatic heterocycles. The number of rotatable bonds is 8. The smallest absolute Gasteiger partial charge is 0.243 e. The molecular weight excluding hydrogens is 342 g/mol. The van der Waals surface area contributed by atoms with Gasteiger partial charge in [0.25, 0.3) is 0 Å². The average Bonchev–Trinajstić information content (AvgIpc) is 3.07. The fourth-order valence-electron chi connectivity index (χ4n) is 2.01. The topological polar surface area (TPSA) is 89.4 Å². The molecule has 0 saturated heterocycles. The number of aromatic nitrogens is 3. The van der Waals surface area contributed by atoms with Crippen molar-refractivity contribution < 1.29 is 14.3 Å². The van der Waals surface area contributed by atoms with Gasteiger partial charge < -0.3 is 19.5 Å². The van der Waals surface area contributed by atoms with Crippen molar-refractivity contribution in [3.63, 3.8) is 0 Å². The Hall–Kier alpha value is -2.55. The van der Waals surface area contributed by atoms with E-state index in [1.807, 2.05) is 11.5 Å². The average molecular weight is 363 g/mol. The van der Waals surface area contributed by atoms with Crippen molar-refractivity contribution in [3.05, 3.63) is 30.6 Å². The van der Waals surface area contributed by atoms with Crippen LogP contribution >= 0.6 is 11.8 Å². The van der Waals surface area contributed by atoms with Gasteiger partial charge in [0.1, 0.15) is 12.1 Å². The Balaban J connectivity index is 1.82. The highest BCUT2D eigenvalue weighted by Crippen LogP contribution is 2.17. The lowest BCUT2D eigenvalue weighted by molar-refractivity contribution is -0.131. The summed E-state index contributed by atoms with van der Waals surface area (Å²) in [6.07, 6.45) is 1.62. The van der Waals surface area contributed by atoms with Gasteiger partial charge in [-0.3, -0.25) is 9.59 Å². The molecule has 0 fully saturated rings. The van der Waals surface area contributed by atoms with E-state index in [1.54, 1.807) is 44.8 Å². The molecule has 0 unspecified atom stereocenters. The number of anilines is 1. The predicted octanol–water partition coefficient (Wildman–Crippen LogP) is 1.50. The number of carbonyl (C=O) groups excluding carboxylic acids is 2. The fraction of sp³-hybridized carbons (Fsp3) is 0.375. The Kier molecular flexibility index (Phi) is 6.81. The second-order valence-corrected chi connectivity index (χ2v) is 6.16. The van der Waals surface area contributed by atoms with Crippen molar-refractivity contribution in [1.29, 1.82) is 0 Å². The van der Waals surface area contributed by atoms with Crippen LogP contribution in [0.2, 0.25) is 0 Å². The number of aryl methyl sites for hydroxylation is 1. The first-order valence-electron chi connectivity index (χ1n) is 7.72. The number of amides is 2. The third kappa shape index (κ3) is 5.49. The zero-order valence-corrected chi connectivity index (χ0v) is 15.2. The summed E-state index contributed by atoms with van der Waals surface area (Å²) in [4.78, 5) is 25.6. The van der Waals surface area contributed by atoms with E-state index < -0.39 is 0 Å². The molecule has 9 heteroatoms. The van der Waals surface area contributed by atoms with Crippen LogP contribution in [0, 0.1) is 0 Å². The number of likely N-dealkylation sites (N-methyl/N-ethyl adjacent to an activating group) is 1. The highest BCUT2D eigenvalue weighted by atomic mass is 32.2. The quantitative estimate of drug-likeness (QED) is 0.715. The van der Waals surface area contributed by atoms with Crippen LogP contribution in [0.25, 0.3) is 0 Å². The van der Waals surface area contributed by atoms with Gasteiger partial charge in [0, 0.05) is 25.3 Å². The van der Waals surface area contributed by atoms with E-state index in [1.165, 1.54) is 16.7 Å². The number of hydrogen-bond acceptors (Lipinski definition) is 6. The lowest BCUT2D eigenvalue weighted by atomic mass is 10.3. The Morgan fingerprint density at radius 2 is 2.20 bits per heavy atom. The van der Waals surface area contributed by atoms with Crippen molar-refractivity contribution in [2.75, 3.05) is 31.8 Å². The van der Waals surface area contributed by atoms with Gasteiger partial charge in [-0.15, -0.1) is 10.2 Å². The SMILES string of the molecule is CCn1cnnc1SCC(=O)N(C)CC(=O)Nc1cccc(OC)c1. The van der Waals surface area contributed by atoms with E-state index in [0.717, 1.165) is 6.54 Å². The molecule has 0 saturated carbocycles. The molecule has 25 heavy (non-hydrogen) atoms. The molecule has 2 rings (SSSR count). The lowest BCUT2D eigenvalue weighted by Gasteiger charge is -2.16. The summed E-state index contributed by atoms with van der Waals surface area (Å²) in [6, 6.07) is 7.05. The van der Waals surface area contributed by atoms with Gasteiger partial charge in [-0.05, 0) is 19.1 Å². The zero-order valence-electron chi connectivity index (χ0n) is 14.4. The van der Waals surface area contributed by atoms with Crippen molar-refractivity contribution in [3.8, 4) is 5.75 Å². The highest BCUT2D eigenvalue weighted by molar-refractivity contribution is 7.99. The van der Waals surface area contributed by atoms with Gasteiger partial charge in [0.15, 0.2) is 5.16 Å². The minimum Gasteiger partial charge on any atom is -0.497 e. The maximum Gasteiger partial charge on any atom is 0.243 e. The van der Waals surface area contributed by atoms with Crippen molar-refractivity contribution in [1.82, 2.24) is 19.7 Å². The summed E-state index contributed by atoms with van der Waals surface area (Å²) in [5.74, 6) is 0.419. The summed E-state index contributed by atoms with van der Waals surface area (Å²) < 4.78 is 6.96. The minimum absolute atomic E-state index is 0.0307. The van der Waals surface area contributed by atoms with E-state index in [0.29, 0.717) is 16.6 Å². The molecule has 0 spiro atoms. The van der Waals surface area contributed by atoms with Gasteiger partial charge >= 0.3 is 0 Å². The molecule has 1 heterocycles. The van der Waals surface area contributed by atoms with Crippen molar-refractivity contribution in [2.24, 2.45) is 0 Å². The Morgan fingerprint density at radius 1 is 1.40 bits per heavy atom. The van der Waals surface area contributed by atoms with Crippen molar-refractivity contribution in [2.45, 2.75) is 18.6 Å². The zero-order chi connectivity index (χ0) is 18.2. The van der Waals surface area contributed by atoms with Gasteiger partial charge in [-0.25, -0.2) is 0 Å². The standard InChI is InChI=1S/C16H21N5O3S/c1-4-21-11-17-19-16(21)25-10-15(23)20(2)9-14(22)18-12-6-5-7-13(8-12)24-3/h5-8,11H,4,9-10H2,1-3H3,(H,18,22). The van der Waals surface area contributed by atoms with Crippen LogP contribution in [0.15, 0.2) is 35.7 Å². The molecule has 1 aromatic heterocycles. The van der Waals surface area contributed by atoms with Gasteiger partial charge in [0.2, 0.25) is 11.8 Å². The lowest BCUT2D eigenvalue weighted by Crippen LogP contribution is -2.36. The van der Waals surface area contributed by atoms with E-state index in [-0.39, 0.29) is 24.1 Å². The van der Waals surface area contributed by atoms with Crippen LogP contribution in [0.5, 0.6) is 5.75 Å². The van der Waals surface area contributed by atoms with Crippen LogP contribution in [-0.2, 0) is 16.1 Å². The number of nitrogens with zero attached hydrogens (tertiary/aromatic N) is 4. The summed E-state index contributed by atoms with van der Waals surface area (Å²) in [7, 11) is 3.16. The molecule has 2 aromatic rings. The third-order valence-corrected chi connectivity index (χ3v) is 4.37. The first-order chi connectivity index (χ1) is 12.0. The summed E-state index contributed by atoms with van der Waals surface area (Å²) in [6.45, 7) is 2.68. The summed E-state index contributed by atoms with van der Waals surface area (Å²) >= 11 is 1.30. The van der Waals surface area contributed by atoms with Crippen LogP contribution in [0.3, 0.4) is 0 Å². The Morgan fingerprint density at radius 3 is 2.92 bits per heavy atom. The monoisotopic (exact) mass is 363 g/mol. The molecule has 0 aliphatic carbocycles. The van der Waals surface area contributed by atoms with Gasteiger partial charge in [0.05, 0.1) is 19.4 Å². The molecule has 134 valence electrons. The number of ether oxygens (including phenoxy) is 1. The van der Waals surface area contributed by atoms with E-state index in [4.69, 9.17) is 4.74 Å². The largest absolute Gasteiger partial charge is 0.497 e. The van der Waals surface area contributed by atoms with Crippen LogP contribution < -0.4 is 10.1 Å². The molecular formula is C16H21N5O3S. The molecule has 0 aliphatic rings. The number of carbonyl (C=O) groups is 2. The number of methoxy groups -OCH3 is 1. The molecule has 1 aromatic carbocycles. The maximum absolute atomic E-state index is 12.2. The third-order valence-electron chi connectivity index (χ3n) is 3.41. The van der Waals surface area contributed by atoms with Gasteiger partial charge in [-0.1, -0.05) is 17.8 Å². The maximum atomic E-state index is 12.2. The summed E-state index contributed by atoms with van der Waals surface area (Å²) in [5, 5.41) is 11.2. The van der Waals surface area contributed by atoms with Gasteiger partial charge in [-0.2, -0.15) is 0 Å². The molecule has 0 bridgehead atoms. The Labute approximate surface area is 150 Å². The van der Waals surface area contributed by atoms with E-state index >= 15 is 0 Å². The fourth-order valence-corrected chi connectivity index (χ4v) is 2.93. The van der Waals surface area contributed by atoms with E-state index in [9.17, 15) is 9.59 Å². The van der Waals surface area contributed by atoms with Crippen LogP contribution in [0.1, 0.15) is 6.92 Å². The molecule has 1 N–H and O–H groups in total. The molecule has 0 atom stereocenters. The second kappa shape index (κ2) is 9.07. The number of thioether (sulfide) groups is 1.